The van der Waals surface area contributed by atoms with Crippen molar-refractivity contribution in [3.8, 4) is 22.6 Å². The second-order valence-corrected chi connectivity index (χ2v) is 8.18. The van der Waals surface area contributed by atoms with Gasteiger partial charge in [0.1, 0.15) is 17.1 Å². The maximum absolute atomic E-state index is 12.7. The van der Waals surface area contributed by atoms with Gasteiger partial charge in [-0.25, -0.2) is 0 Å². The maximum atomic E-state index is 12.7. The minimum absolute atomic E-state index is 0.337. The van der Waals surface area contributed by atoms with E-state index < -0.39 is 0 Å². The van der Waals surface area contributed by atoms with E-state index >= 15 is 0 Å². The van der Waals surface area contributed by atoms with Gasteiger partial charge in [-0.3, -0.25) is 4.79 Å². The number of hydrogen-bond acceptors (Lipinski definition) is 4. The van der Waals surface area contributed by atoms with Crippen LogP contribution >= 0.6 is 23.2 Å². The van der Waals surface area contributed by atoms with Gasteiger partial charge >= 0.3 is 0 Å². The Labute approximate surface area is 201 Å². The highest BCUT2D eigenvalue weighted by Gasteiger charge is 2.17. The van der Waals surface area contributed by atoms with E-state index in [0.717, 1.165) is 27.8 Å². The molecule has 0 aliphatic carbocycles. The summed E-state index contributed by atoms with van der Waals surface area (Å²) in [4.78, 5) is 12.7. The number of para-hydroxylation sites is 1. The monoisotopic (exact) mass is 481 g/mol. The maximum Gasteiger partial charge on any atom is 0.248 e. The van der Waals surface area contributed by atoms with E-state index in [2.05, 4.69) is 5.32 Å². The summed E-state index contributed by atoms with van der Waals surface area (Å²) >= 11 is 12.2. The van der Waals surface area contributed by atoms with Crippen molar-refractivity contribution in [2.24, 2.45) is 0 Å². The Hall–Kier alpha value is -3.41. The molecule has 0 unspecified atom stereocenters. The molecule has 0 saturated carbocycles. The first-order valence-corrected chi connectivity index (χ1v) is 10.8. The fourth-order valence-electron chi connectivity index (χ4n) is 3.64. The fourth-order valence-corrected chi connectivity index (χ4v) is 3.98. The number of rotatable bonds is 6. The molecule has 0 atom stereocenters. The number of nitrogens with one attached hydrogen (secondary N) is 1. The van der Waals surface area contributed by atoms with Crippen molar-refractivity contribution in [2.45, 2.75) is 6.92 Å². The van der Waals surface area contributed by atoms with E-state index in [1.807, 2.05) is 43.3 Å². The summed E-state index contributed by atoms with van der Waals surface area (Å²) < 4.78 is 16.9. The van der Waals surface area contributed by atoms with Crippen LogP contribution in [0, 0.1) is 0 Å². The van der Waals surface area contributed by atoms with Gasteiger partial charge in [0.25, 0.3) is 0 Å². The minimum atomic E-state index is -0.337. The largest absolute Gasteiger partial charge is 0.496 e. The number of benzene rings is 3. The van der Waals surface area contributed by atoms with E-state index in [9.17, 15) is 4.79 Å². The van der Waals surface area contributed by atoms with Gasteiger partial charge in [-0.1, -0.05) is 41.4 Å². The Kier molecular flexibility index (Phi) is 6.63. The van der Waals surface area contributed by atoms with Gasteiger partial charge in [0.05, 0.1) is 31.2 Å². The molecule has 1 N–H and O–H groups in total. The smallest absolute Gasteiger partial charge is 0.248 e. The number of methoxy groups -OCH3 is 2. The van der Waals surface area contributed by atoms with E-state index in [1.54, 1.807) is 38.7 Å². The van der Waals surface area contributed by atoms with E-state index in [0.29, 0.717) is 32.6 Å². The third kappa shape index (κ3) is 4.70. The zero-order valence-electron chi connectivity index (χ0n) is 18.2. The van der Waals surface area contributed by atoms with Crippen LogP contribution in [0.15, 0.2) is 71.4 Å². The summed E-state index contributed by atoms with van der Waals surface area (Å²) in [6.07, 6.45) is 3.18. The van der Waals surface area contributed by atoms with Crippen LogP contribution in [0.25, 0.3) is 27.7 Å². The van der Waals surface area contributed by atoms with E-state index in [1.165, 1.54) is 6.08 Å². The molecular formula is C26H21Cl2NO4. The first-order valence-electron chi connectivity index (χ1n) is 10.1. The van der Waals surface area contributed by atoms with Crippen molar-refractivity contribution in [1.82, 2.24) is 0 Å². The van der Waals surface area contributed by atoms with Crippen LogP contribution in [0.3, 0.4) is 0 Å². The van der Waals surface area contributed by atoms with Gasteiger partial charge < -0.3 is 19.2 Å². The number of hydrogen-bond donors (Lipinski definition) is 1. The Morgan fingerprint density at radius 1 is 0.970 bits per heavy atom. The number of halogens is 2. The number of carbonyl (C=O) groups excluding carboxylic acids is 1. The Morgan fingerprint density at radius 3 is 2.48 bits per heavy atom. The Balaban J connectivity index is 1.74. The molecule has 0 bridgehead atoms. The number of carbonyl (C=O) groups is 1. The highest BCUT2D eigenvalue weighted by Crippen LogP contribution is 2.40. The lowest BCUT2D eigenvalue weighted by Gasteiger charge is -2.11. The van der Waals surface area contributed by atoms with Gasteiger partial charge in [0, 0.05) is 39.2 Å². The molecular weight excluding hydrogens is 461 g/mol. The number of allylic oxidation sites excluding steroid dienone is 1. The van der Waals surface area contributed by atoms with Gasteiger partial charge in [-0.15, -0.1) is 0 Å². The molecule has 0 saturated heterocycles. The second kappa shape index (κ2) is 9.61. The molecule has 1 aromatic heterocycles. The standard InChI is InChI=1S/C26H21Cl2NO4/c1-15(10-26(30)29-22-11-16(27)8-9-21(22)28)18-12-19-20(14-33-25(19)13-24(18)32-3)17-6-4-5-7-23(17)31-2/h4-14H,1-3H3,(H,29,30)/b15-10+. The normalized spacial score (nSPS) is 11.5. The fraction of sp³-hybridized carbons (Fsp3) is 0.115. The molecule has 7 heteroatoms. The van der Waals surface area contributed by atoms with E-state index in [4.69, 9.17) is 37.1 Å². The molecule has 0 spiro atoms. The third-order valence-corrected chi connectivity index (χ3v) is 5.82. The van der Waals surface area contributed by atoms with Crippen LogP contribution in [0.5, 0.6) is 11.5 Å². The summed E-state index contributed by atoms with van der Waals surface area (Å²) in [5.74, 6) is 0.990. The molecule has 5 nitrogen and oxygen atoms in total. The highest BCUT2D eigenvalue weighted by atomic mass is 35.5. The summed E-state index contributed by atoms with van der Waals surface area (Å²) in [7, 11) is 3.21. The van der Waals surface area contributed by atoms with Crippen LogP contribution in [-0.2, 0) is 4.79 Å². The average molecular weight is 482 g/mol. The third-order valence-electron chi connectivity index (χ3n) is 5.25. The molecule has 168 valence electrons. The van der Waals surface area contributed by atoms with Crippen molar-refractivity contribution in [1.29, 1.82) is 0 Å². The predicted molar refractivity (Wildman–Crippen MR) is 133 cm³/mol. The SMILES string of the molecule is COc1cc2occ(-c3ccccc3OC)c2cc1/C(C)=C/C(=O)Nc1cc(Cl)ccc1Cl. The zero-order chi connectivity index (χ0) is 23.5. The van der Waals surface area contributed by atoms with Crippen LogP contribution < -0.4 is 14.8 Å². The van der Waals surface area contributed by atoms with Crippen molar-refractivity contribution < 1.29 is 18.7 Å². The van der Waals surface area contributed by atoms with E-state index in [-0.39, 0.29) is 5.91 Å². The predicted octanol–water partition coefficient (Wildman–Crippen LogP) is 7.47. The molecule has 4 aromatic rings. The highest BCUT2D eigenvalue weighted by molar-refractivity contribution is 6.35. The van der Waals surface area contributed by atoms with Gasteiger partial charge in [0.15, 0.2) is 0 Å². The lowest BCUT2D eigenvalue weighted by atomic mass is 9.98. The second-order valence-electron chi connectivity index (χ2n) is 7.34. The Bertz CT molecular complexity index is 1370. The molecule has 33 heavy (non-hydrogen) atoms. The van der Waals surface area contributed by atoms with Crippen molar-refractivity contribution in [3.05, 3.63) is 82.5 Å². The number of ether oxygens (including phenoxy) is 2. The van der Waals surface area contributed by atoms with Crippen molar-refractivity contribution in [2.75, 3.05) is 19.5 Å². The number of fused-ring (bicyclic) bond motifs is 1. The first-order chi connectivity index (χ1) is 15.9. The molecule has 0 radical (unpaired) electrons. The van der Waals surface area contributed by atoms with Gasteiger partial charge in [-0.2, -0.15) is 0 Å². The van der Waals surface area contributed by atoms with Crippen LogP contribution in [0.1, 0.15) is 12.5 Å². The summed E-state index contributed by atoms with van der Waals surface area (Å²) in [5, 5.41) is 4.52. The molecule has 3 aromatic carbocycles. The quantitative estimate of drug-likeness (QED) is 0.290. The van der Waals surface area contributed by atoms with Crippen molar-refractivity contribution >= 4 is 51.3 Å². The van der Waals surface area contributed by atoms with Gasteiger partial charge in [-0.05, 0) is 42.8 Å². The summed E-state index contributed by atoms with van der Waals surface area (Å²) in [5.41, 5.74) is 4.36. The number of furan rings is 1. The summed E-state index contributed by atoms with van der Waals surface area (Å²) in [6, 6.07) is 16.4. The molecule has 0 aliphatic heterocycles. The van der Waals surface area contributed by atoms with Crippen LogP contribution in [0.4, 0.5) is 5.69 Å². The lowest BCUT2D eigenvalue weighted by molar-refractivity contribution is -0.111. The number of amides is 1. The molecule has 0 fully saturated rings. The van der Waals surface area contributed by atoms with Crippen LogP contribution in [0.2, 0.25) is 10.0 Å². The minimum Gasteiger partial charge on any atom is -0.496 e. The average Bonchev–Trinajstić information content (AvgIpc) is 3.23. The van der Waals surface area contributed by atoms with Crippen molar-refractivity contribution in [3.63, 3.8) is 0 Å². The first kappa shape index (κ1) is 22.8. The molecule has 1 heterocycles. The molecule has 1 amide bonds. The summed E-state index contributed by atoms with van der Waals surface area (Å²) in [6.45, 7) is 1.84. The van der Waals surface area contributed by atoms with Crippen LogP contribution in [-0.4, -0.2) is 20.1 Å². The Morgan fingerprint density at radius 2 is 1.73 bits per heavy atom. The topological polar surface area (TPSA) is 60.7 Å². The molecule has 4 rings (SSSR count). The van der Waals surface area contributed by atoms with Gasteiger partial charge in [0.2, 0.25) is 5.91 Å². The lowest BCUT2D eigenvalue weighted by Crippen LogP contribution is -2.09. The number of anilines is 1. The molecule has 0 aliphatic rings. The zero-order valence-corrected chi connectivity index (χ0v) is 19.8.